The summed E-state index contributed by atoms with van der Waals surface area (Å²) in [5.41, 5.74) is 0. The molecule has 10 aliphatic carbocycles. The zero-order valence-corrected chi connectivity index (χ0v) is 35.7. The van der Waals surface area contributed by atoms with Crippen LogP contribution >= 0.6 is 0 Å². The van der Waals surface area contributed by atoms with Gasteiger partial charge in [-0.05, 0) is 173 Å². The zero-order chi connectivity index (χ0) is 35.8. The van der Waals surface area contributed by atoms with E-state index in [1.807, 2.05) is 0 Å². The van der Waals surface area contributed by atoms with Crippen molar-refractivity contribution in [1.82, 2.24) is 4.90 Å². The summed E-state index contributed by atoms with van der Waals surface area (Å²) in [4.78, 5) is 3.29. The number of hydrogen-bond donors (Lipinski definition) is 0. The molecule has 10 fully saturated rings. The van der Waals surface area contributed by atoms with Crippen molar-refractivity contribution in [3.63, 3.8) is 0 Å². The molecule has 0 spiro atoms. The molecule has 0 aromatic rings. The summed E-state index contributed by atoms with van der Waals surface area (Å²) in [6, 6.07) is 2.81. The van der Waals surface area contributed by atoms with Gasteiger partial charge in [-0.25, -0.2) is 0 Å². The fourth-order valence-electron chi connectivity index (χ4n) is 19.2. The summed E-state index contributed by atoms with van der Waals surface area (Å²) in [5.74, 6) is 15.6. The Labute approximate surface area is 335 Å². The smallest absolute Gasteiger partial charge is 0.0101 e. The maximum atomic E-state index is 3.29. The van der Waals surface area contributed by atoms with Gasteiger partial charge in [-0.3, -0.25) is 4.90 Å². The Morgan fingerprint density at radius 1 is 0.259 bits per heavy atom. The van der Waals surface area contributed by atoms with Crippen molar-refractivity contribution >= 4 is 0 Å². The first-order valence-corrected chi connectivity index (χ1v) is 26.6. The lowest BCUT2D eigenvalue weighted by molar-refractivity contribution is -0.138. The van der Waals surface area contributed by atoms with E-state index in [1.165, 1.54) is 64.2 Å². The second-order valence-electron chi connectivity index (χ2n) is 23.3. The minimum atomic E-state index is 0.932. The molecule has 1 heteroatoms. The zero-order valence-electron chi connectivity index (χ0n) is 35.7. The van der Waals surface area contributed by atoms with Crippen molar-refractivity contribution in [2.45, 2.75) is 249 Å². The fourth-order valence-corrected chi connectivity index (χ4v) is 19.2. The highest BCUT2D eigenvalue weighted by Gasteiger charge is 2.58. The Balaban J connectivity index is 0.908. The van der Waals surface area contributed by atoms with Gasteiger partial charge in [0.05, 0.1) is 0 Å². The van der Waals surface area contributed by atoms with Crippen LogP contribution < -0.4 is 0 Å². The van der Waals surface area contributed by atoms with E-state index in [1.54, 1.807) is 167 Å². The predicted octanol–water partition coefficient (Wildman–Crippen LogP) is 15.2. The van der Waals surface area contributed by atoms with Crippen LogP contribution in [-0.4, -0.2) is 23.0 Å². The lowest BCUT2D eigenvalue weighted by Gasteiger charge is -2.62. The van der Waals surface area contributed by atoms with E-state index < -0.39 is 0 Å². The Bertz CT molecular complexity index is 1130. The van der Waals surface area contributed by atoms with Crippen LogP contribution in [-0.2, 0) is 0 Å². The SMILES string of the molecule is C1CCC(C2C3CCCCC3C(C3CCC(N(C4CCCCC4)C4CCCCC4)CC3)C3CCCC(CC4CCCC5CC6CCCCC6CC54)C32)CC1. The highest BCUT2D eigenvalue weighted by Crippen LogP contribution is 2.65. The van der Waals surface area contributed by atoms with E-state index in [0.29, 0.717) is 0 Å². The molecule has 12 unspecified atom stereocenters. The number of hydrogen-bond acceptors (Lipinski definition) is 1. The molecule has 1 nitrogen and oxygen atoms in total. The van der Waals surface area contributed by atoms with Crippen molar-refractivity contribution in [3.8, 4) is 0 Å². The molecule has 10 aliphatic rings. The molecule has 12 atom stereocenters. The summed E-state index contributed by atoms with van der Waals surface area (Å²) < 4.78 is 0. The second kappa shape index (κ2) is 17.7. The molecule has 0 aromatic heterocycles. The lowest BCUT2D eigenvalue weighted by Crippen LogP contribution is -2.57. The van der Waals surface area contributed by atoms with Gasteiger partial charge in [-0.2, -0.15) is 0 Å². The standard InChI is InChI=1S/C53H89N/c1-4-16-37(17-5-1)52-48-28-13-12-27-47(48)51(38-30-32-46(33-31-38)54(44-23-6-2-7-24-44)45-25-8-3-9-26-45)49-29-15-22-43(53(49)52)35-42-21-14-20-41-34-39-18-10-11-19-40(39)36-50(41)42/h37-53H,1-36H2. The molecule has 0 amide bonds. The van der Waals surface area contributed by atoms with Crippen LogP contribution in [0.4, 0.5) is 0 Å². The van der Waals surface area contributed by atoms with Gasteiger partial charge in [0.2, 0.25) is 0 Å². The minimum Gasteiger partial charge on any atom is -0.294 e. The summed E-state index contributed by atoms with van der Waals surface area (Å²) in [7, 11) is 0. The molecular weight excluding hydrogens is 651 g/mol. The van der Waals surface area contributed by atoms with Gasteiger partial charge in [0, 0.05) is 18.1 Å². The Kier molecular flexibility index (Phi) is 12.5. The Morgan fingerprint density at radius 3 is 1.41 bits per heavy atom. The lowest BCUT2D eigenvalue weighted by atomic mass is 9.43. The highest BCUT2D eigenvalue weighted by molar-refractivity contribution is 5.07. The van der Waals surface area contributed by atoms with E-state index in [-0.39, 0.29) is 0 Å². The summed E-state index contributed by atoms with van der Waals surface area (Å²) in [6.07, 6.45) is 57.0. The van der Waals surface area contributed by atoms with Gasteiger partial charge in [-0.1, -0.05) is 141 Å². The average Bonchev–Trinajstić information content (AvgIpc) is 3.24. The van der Waals surface area contributed by atoms with Crippen LogP contribution in [0.15, 0.2) is 0 Å². The molecule has 0 heterocycles. The largest absolute Gasteiger partial charge is 0.294 e. The third kappa shape index (κ3) is 7.75. The van der Waals surface area contributed by atoms with Crippen molar-refractivity contribution < 1.29 is 0 Å². The first kappa shape index (κ1) is 38.2. The molecule has 0 aliphatic heterocycles. The molecule has 54 heavy (non-hydrogen) atoms. The second-order valence-corrected chi connectivity index (χ2v) is 23.3. The molecule has 0 radical (unpaired) electrons. The fraction of sp³-hybridized carbons (Fsp3) is 1.00. The van der Waals surface area contributed by atoms with Gasteiger partial charge in [0.25, 0.3) is 0 Å². The molecule has 0 saturated heterocycles. The molecular formula is C53H89N. The maximum absolute atomic E-state index is 3.29. The first-order chi connectivity index (χ1) is 26.8. The van der Waals surface area contributed by atoms with Gasteiger partial charge in [-0.15, -0.1) is 0 Å². The summed E-state index contributed by atoms with van der Waals surface area (Å²) in [5, 5.41) is 0. The third-order valence-electron chi connectivity index (χ3n) is 21.1. The Morgan fingerprint density at radius 2 is 0.722 bits per heavy atom. The van der Waals surface area contributed by atoms with Gasteiger partial charge in [0.1, 0.15) is 0 Å². The van der Waals surface area contributed by atoms with Crippen molar-refractivity contribution in [2.75, 3.05) is 0 Å². The van der Waals surface area contributed by atoms with E-state index in [2.05, 4.69) is 4.90 Å². The van der Waals surface area contributed by atoms with Gasteiger partial charge >= 0.3 is 0 Å². The van der Waals surface area contributed by atoms with E-state index in [4.69, 9.17) is 0 Å². The predicted molar refractivity (Wildman–Crippen MR) is 228 cm³/mol. The van der Waals surface area contributed by atoms with Crippen LogP contribution in [0.25, 0.3) is 0 Å². The highest BCUT2D eigenvalue weighted by atomic mass is 15.2. The molecule has 0 N–H and O–H groups in total. The van der Waals surface area contributed by atoms with E-state index in [0.717, 1.165) is 101 Å². The summed E-state index contributed by atoms with van der Waals surface area (Å²) >= 11 is 0. The van der Waals surface area contributed by atoms with Crippen molar-refractivity contribution in [2.24, 2.45) is 82.9 Å². The number of nitrogens with zero attached hydrogens (tertiary/aromatic N) is 1. The third-order valence-corrected chi connectivity index (χ3v) is 21.1. The van der Waals surface area contributed by atoms with Gasteiger partial charge < -0.3 is 0 Å². The summed E-state index contributed by atoms with van der Waals surface area (Å²) in [6.45, 7) is 0. The maximum Gasteiger partial charge on any atom is 0.0101 e. The normalized spacial score (nSPS) is 47.3. The molecule has 306 valence electrons. The molecule has 10 saturated carbocycles. The molecule has 0 aromatic carbocycles. The molecule has 10 rings (SSSR count). The Hall–Kier alpha value is -0.0400. The van der Waals surface area contributed by atoms with E-state index >= 15 is 0 Å². The van der Waals surface area contributed by atoms with E-state index in [9.17, 15) is 0 Å². The number of rotatable bonds is 7. The number of fused-ring (bicyclic) bond motifs is 4. The topological polar surface area (TPSA) is 3.24 Å². The monoisotopic (exact) mass is 740 g/mol. The average molecular weight is 740 g/mol. The van der Waals surface area contributed by atoms with Crippen LogP contribution in [0.3, 0.4) is 0 Å². The van der Waals surface area contributed by atoms with Crippen LogP contribution in [0, 0.1) is 82.9 Å². The van der Waals surface area contributed by atoms with Crippen LogP contribution in [0.1, 0.15) is 231 Å². The van der Waals surface area contributed by atoms with Crippen molar-refractivity contribution in [3.05, 3.63) is 0 Å². The van der Waals surface area contributed by atoms with Crippen LogP contribution in [0.2, 0.25) is 0 Å². The molecule has 0 bridgehead atoms. The van der Waals surface area contributed by atoms with Gasteiger partial charge in [0.15, 0.2) is 0 Å². The van der Waals surface area contributed by atoms with Crippen molar-refractivity contribution in [1.29, 1.82) is 0 Å². The first-order valence-electron chi connectivity index (χ1n) is 26.6. The van der Waals surface area contributed by atoms with Crippen LogP contribution in [0.5, 0.6) is 0 Å². The minimum absolute atomic E-state index is 0.932. The quantitative estimate of drug-likeness (QED) is 0.251.